The van der Waals surface area contributed by atoms with Crippen LogP contribution in [0.5, 0.6) is 0 Å². The number of amides is 1. The van der Waals surface area contributed by atoms with Crippen molar-refractivity contribution >= 4 is 22.6 Å². The number of imidazole rings is 1. The number of nitro benzene ring substituents is 1. The van der Waals surface area contributed by atoms with E-state index in [9.17, 15) is 14.9 Å². The molecule has 3 aromatic rings. The smallest absolute Gasteiger partial charge is 0.273 e. The van der Waals surface area contributed by atoms with Crippen molar-refractivity contribution in [3.05, 3.63) is 69.5 Å². The molecule has 122 valence electrons. The number of rotatable bonds is 4. The van der Waals surface area contributed by atoms with Crippen LogP contribution >= 0.6 is 0 Å². The average molecular weight is 324 g/mol. The number of nitrogens with one attached hydrogen (secondary N) is 2. The van der Waals surface area contributed by atoms with Gasteiger partial charge in [-0.25, -0.2) is 4.98 Å². The molecule has 24 heavy (non-hydrogen) atoms. The summed E-state index contributed by atoms with van der Waals surface area (Å²) in [5, 5.41) is 13.8. The van der Waals surface area contributed by atoms with Gasteiger partial charge >= 0.3 is 0 Å². The number of nitrogens with zero attached hydrogens (tertiary/aromatic N) is 2. The fraction of sp³-hybridized carbons (Fsp3) is 0.176. The number of H-pyrrole nitrogens is 1. The van der Waals surface area contributed by atoms with Gasteiger partial charge in [0, 0.05) is 17.2 Å². The number of aromatic amines is 1. The van der Waals surface area contributed by atoms with E-state index in [1.807, 2.05) is 31.2 Å². The summed E-state index contributed by atoms with van der Waals surface area (Å²) in [4.78, 5) is 30.6. The predicted octanol–water partition coefficient (Wildman–Crippen LogP) is 3.27. The minimum absolute atomic E-state index is 0.0703. The Hall–Kier alpha value is -3.22. The second-order valence-electron chi connectivity index (χ2n) is 5.54. The normalized spacial score (nSPS) is 12.1. The number of hydrogen-bond donors (Lipinski definition) is 2. The van der Waals surface area contributed by atoms with Gasteiger partial charge in [0.15, 0.2) is 0 Å². The number of nitro groups is 1. The maximum atomic E-state index is 12.5. The summed E-state index contributed by atoms with van der Waals surface area (Å²) < 4.78 is 0. The molecular weight excluding hydrogens is 308 g/mol. The molecule has 1 heterocycles. The molecule has 2 aromatic carbocycles. The van der Waals surface area contributed by atoms with Crippen LogP contribution < -0.4 is 5.32 Å². The fourth-order valence-corrected chi connectivity index (χ4v) is 2.59. The van der Waals surface area contributed by atoms with Crippen molar-refractivity contribution in [3.8, 4) is 0 Å². The van der Waals surface area contributed by atoms with Crippen LogP contribution in [0.1, 0.15) is 34.7 Å². The third-order valence-electron chi connectivity index (χ3n) is 3.91. The molecule has 0 aliphatic heterocycles. The van der Waals surface area contributed by atoms with E-state index >= 15 is 0 Å². The highest BCUT2D eigenvalue weighted by molar-refractivity contribution is 5.96. The zero-order valence-electron chi connectivity index (χ0n) is 13.2. The van der Waals surface area contributed by atoms with E-state index in [0.29, 0.717) is 11.4 Å². The Balaban J connectivity index is 1.84. The van der Waals surface area contributed by atoms with E-state index in [2.05, 4.69) is 15.3 Å². The first-order chi connectivity index (χ1) is 11.5. The van der Waals surface area contributed by atoms with E-state index in [1.54, 1.807) is 13.0 Å². The molecule has 7 heteroatoms. The van der Waals surface area contributed by atoms with Crippen LogP contribution in [0.15, 0.2) is 42.5 Å². The van der Waals surface area contributed by atoms with Crippen molar-refractivity contribution < 1.29 is 9.72 Å². The molecule has 0 saturated heterocycles. The zero-order valence-corrected chi connectivity index (χ0v) is 13.2. The van der Waals surface area contributed by atoms with Crippen LogP contribution in [0.2, 0.25) is 0 Å². The molecule has 1 atom stereocenters. The second-order valence-corrected chi connectivity index (χ2v) is 5.54. The van der Waals surface area contributed by atoms with Crippen molar-refractivity contribution in [1.82, 2.24) is 15.3 Å². The molecule has 0 radical (unpaired) electrons. The Morgan fingerprint density at radius 1 is 1.25 bits per heavy atom. The molecule has 3 rings (SSSR count). The van der Waals surface area contributed by atoms with Crippen LogP contribution in [0, 0.1) is 17.0 Å². The third kappa shape index (κ3) is 2.83. The van der Waals surface area contributed by atoms with E-state index in [-0.39, 0.29) is 23.2 Å². The molecule has 1 amide bonds. The van der Waals surface area contributed by atoms with Gasteiger partial charge in [0.2, 0.25) is 0 Å². The summed E-state index contributed by atoms with van der Waals surface area (Å²) in [7, 11) is 0. The van der Waals surface area contributed by atoms with Gasteiger partial charge in [-0.3, -0.25) is 14.9 Å². The van der Waals surface area contributed by atoms with Gasteiger partial charge in [-0.15, -0.1) is 0 Å². The monoisotopic (exact) mass is 324 g/mol. The molecule has 0 saturated carbocycles. The van der Waals surface area contributed by atoms with Gasteiger partial charge in [-0.2, -0.15) is 0 Å². The first-order valence-corrected chi connectivity index (χ1v) is 7.47. The molecular formula is C17H16N4O3. The van der Waals surface area contributed by atoms with Crippen LogP contribution in [-0.4, -0.2) is 20.8 Å². The minimum Gasteiger partial charge on any atom is -0.342 e. The SMILES string of the molecule is Cc1c(C(=O)N[C@@H](C)c2nc3ccccc3[nH]2)cccc1[N+](=O)[O-]. The first kappa shape index (κ1) is 15.7. The summed E-state index contributed by atoms with van der Waals surface area (Å²) in [5.41, 5.74) is 2.27. The molecule has 7 nitrogen and oxygen atoms in total. The Kier molecular flexibility index (Phi) is 3.99. The topological polar surface area (TPSA) is 101 Å². The highest BCUT2D eigenvalue weighted by Crippen LogP contribution is 2.22. The Labute approximate surface area is 137 Å². The number of aromatic nitrogens is 2. The van der Waals surface area contributed by atoms with Crippen molar-refractivity contribution in [2.45, 2.75) is 19.9 Å². The van der Waals surface area contributed by atoms with Gasteiger partial charge in [0.1, 0.15) is 5.82 Å². The summed E-state index contributed by atoms with van der Waals surface area (Å²) in [6.45, 7) is 3.38. The molecule has 0 spiro atoms. The number of para-hydroxylation sites is 2. The van der Waals surface area contributed by atoms with E-state index in [1.165, 1.54) is 12.1 Å². The molecule has 0 bridgehead atoms. The molecule has 1 aromatic heterocycles. The average Bonchev–Trinajstić information content (AvgIpc) is 2.98. The molecule has 0 fully saturated rings. The lowest BCUT2D eigenvalue weighted by Crippen LogP contribution is -2.28. The van der Waals surface area contributed by atoms with Gasteiger partial charge in [-0.1, -0.05) is 18.2 Å². The molecule has 0 aliphatic carbocycles. The molecule has 0 aliphatic rings. The number of carbonyl (C=O) groups excluding carboxylic acids is 1. The summed E-state index contributed by atoms with van der Waals surface area (Å²) in [6, 6.07) is 11.7. The van der Waals surface area contributed by atoms with Crippen molar-refractivity contribution in [2.24, 2.45) is 0 Å². The first-order valence-electron chi connectivity index (χ1n) is 7.47. The van der Waals surface area contributed by atoms with Crippen LogP contribution in [-0.2, 0) is 0 Å². The summed E-state index contributed by atoms with van der Waals surface area (Å²) in [6.07, 6.45) is 0. The summed E-state index contributed by atoms with van der Waals surface area (Å²) >= 11 is 0. The van der Waals surface area contributed by atoms with Gasteiger partial charge < -0.3 is 10.3 Å². The van der Waals surface area contributed by atoms with Gasteiger partial charge in [0.25, 0.3) is 11.6 Å². The standard InChI is InChI=1S/C17H16N4O3/c1-10-12(6-5-9-15(10)21(23)24)17(22)18-11(2)16-19-13-7-3-4-8-14(13)20-16/h3-9,11H,1-2H3,(H,18,22)(H,19,20)/t11-/m0/s1. The lowest BCUT2D eigenvalue weighted by atomic mass is 10.1. The Bertz CT molecular complexity index is 899. The van der Waals surface area contributed by atoms with Gasteiger partial charge in [-0.05, 0) is 32.0 Å². The maximum absolute atomic E-state index is 12.5. The third-order valence-corrected chi connectivity index (χ3v) is 3.91. The minimum atomic E-state index is -0.491. The van der Waals surface area contributed by atoms with Crippen LogP contribution in [0.3, 0.4) is 0 Å². The lowest BCUT2D eigenvalue weighted by molar-refractivity contribution is -0.385. The number of carbonyl (C=O) groups is 1. The number of benzene rings is 2. The molecule has 2 N–H and O–H groups in total. The van der Waals surface area contributed by atoms with E-state index < -0.39 is 4.92 Å². The number of hydrogen-bond acceptors (Lipinski definition) is 4. The van der Waals surface area contributed by atoms with E-state index in [0.717, 1.165) is 11.0 Å². The Morgan fingerprint density at radius 3 is 2.71 bits per heavy atom. The van der Waals surface area contributed by atoms with E-state index in [4.69, 9.17) is 0 Å². The van der Waals surface area contributed by atoms with Crippen LogP contribution in [0.4, 0.5) is 5.69 Å². The highest BCUT2D eigenvalue weighted by atomic mass is 16.6. The fourth-order valence-electron chi connectivity index (χ4n) is 2.59. The summed E-state index contributed by atoms with van der Waals surface area (Å²) in [5.74, 6) is 0.261. The molecule has 0 unspecified atom stereocenters. The van der Waals surface area contributed by atoms with Crippen molar-refractivity contribution in [3.63, 3.8) is 0 Å². The quantitative estimate of drug-likeness (QED) is 0.568. The van der Waals surface area contributed by atoms with Crippen LogP contribution in [0.25, 0.3) is 11.0 Å². The van der Waals surface area contributed by atoms with Gasteiger partial charge in [0.05, 0.1) is 22.0 Å². The van der Waals surface area contributed by atoms with Crippen molar-refractivity contribution in [2.75, 3.05) is 0 Å². The largest absolute Gasteiger partial charge is 0.342 e. The van der Waals surface area contributed by atoms with Crippen molar-refractivity contribution in [1.29, 1.82) is 0 Å². The number of fused-ring (bicyclic) bond motifs is 1. The zero-order chi connectivity index (χ0) is 17.3. The lowest BCUT2D eigenvalue weighted by Gasteiger charge is -2.12. The predicted molar refractivity (Wildman–Crippen MR) is 89.8 cm³/mol. The highest BCUT2D eigenvalue weighted by Gasteiger charge is 2.20. The second kappa shape index (κ2) is 6.11. The Morgan fingerprint density at radius 2 is 2.00 bits per heavy atom. The maximum Gasteiger partial charge on any atom is 0.273 e.